The number of carboxylic acids is 1. The Morgan fingerprint density at radius 1 is 1.50 bits per heavy atom. The predicted octanol–water partition coefficient (Wildman–Crippen LogP) is 3.81. The lowest BCUT2D eigenvalue weighted by molar-refractivity contribution is -0.131. The van der Waals surface area contributed by atoms with E-state index in [9.17, 15) is 9.18 Å². The van der Waals surface area contributed by atoms with Gasteiger partial charge in [-0.1, -0.05) is 19.9 Å². The zero-order valence-corrected chi connectivity index (χ0v) is 11.3. The molecule has 18 heavy (non-hydrogen) atoms. The van der Waals surface area contributed by atoms with Crippen molar-refractivity contribution in [2.24, 2.45) is 5.92 Å². The van der Waals surface area contributed by atoms with Gasteiger partial charge in [0.2, 0.25) is 0 Å². The number of aliphatic carboxylic acids is 1. The van der Waals surface area contributed by atoms with Crippen LogP contribution in [0.4, 0.5) is 4.39 Å². The quantitative estimate of drug-likeness (QED) is 0.797. The van der Waals surface area contributed by atoms with Crippen molar-refractivity contribution in [2.75, 3.05) is 5.75 Å². The van der Waals surface area contributed by atoms with Gasteiger partial charge in [-0.05, 0) is 41.0 Å². The second kappa shape index (κ2) is 7.21. The molecule has 0 aliphatic rings. The topological polar surface area (TPSA) is 37.3 Å². The zero-order chi connectivity index (χ0) is 13.5. The molecule has 98 valence electrons. The van der Waals surface area contributed by atoms with E-state index in [2.05, 4.69) is 13.8 Å². The van der Waals surface area contributed by atoms with Gasteiger partial charge < -0.3 is 5.11 Å². The number of carbonyl (C=O) groups is 1. The molecule has 2 nitrogen and oxygen atoms in total. The molecule has 0 fully saturated rings. The highest BCUT2D eigenvalue weighted by atomic mass is 32.2. The maximum Gasteiger partial charge on any atom is 0.328 e. The Morgan fingerprint density at radius 2 is 2.22 bits per heavy atom. The third-order valence-electron chi connectivity index (χ3n) is 2.22. The van der Waals surface area contributed by atoms with Gasteiger partial charge in [-0.25, -0.2) is 9.18 Å². The molecular weight excluding hydrogens is 251 g/mol. The molecule has 0 amide bonds. The average molecular weight is 268 g/mol. The molecule has 0 radical (unpaired) electrons. The van der Waals surface area contributed by atoms with Crippen LogP contribution in [0.1, 0.15) is 25.0 Å². The Kier molecular flexibility index (Phi) is 5.92. The van der Waals surface area contributed by atoms with E-state index >= 15 is 0 Å². The van der Waals surface area contributed by atoms with E-state index in [-0.39, 0.29) is 5.82 Å². The minimum absolute atomic E-state index is 0.349. The van der Waals surface area contributed by atoms with Crippen molar-refractivity contribution in [1.82, 2.24) is 0 Å². The molecule has 0 saturated heterocycles. The molecule has 0 aromatic heterocycles. The van der Waals surface area contributed by atoms with Crippen molar-refractivity contribution in [2.45, 2.75) is 19.6 Å². The first-order valence-electron chi connectivity index (χ1n) is 5.76. The highest BCUT2D eigenvalue weighted by Crippen LogP contribution is 2.20. The van der Waals surface area contributed by atoms with Crippen LogP contribution < -0.4 is 0 Å². The first kappa shape index (κ1) is 14.8. The Hall–Kier alpha value is -1.29. The van der Waals surface area contributed by atoms with E-state index in [1.54, 1.807) is 17.8 Å². The van der Waals surface area contributed by atoms with Crippen LogP contribution in [0, 0.1) is 11.7 Å². The van der Waals surface area contributed by atoms with E-state index < -0.39 is 5.97 Å². The maximum atomic E-state index is 13.1. The van der Waals surface area contributed by atoms with Crippen LogP contribution in [0.25, 0.3) is 6.08 Å². The van der Waals surface area contributed by atoms with E-state index in [0.29, 0.717) is 11.5 Å². The summed E-state index contributed by atoms with van der Waals surface area (Å²) in [5.74, 6) is 1.02. The van der Waals surface area contributed by atoms with Crippen LogP contribution >= 0.6 is 11.8 Å². The summed E-state index contributed by atoms with van der Waals surface area (Å²) in [6, 6.07) is 4.48. The number of halogens is 1. The molecule has 0 bridgehead atoms. The summed E-state index contributed by atoms with van der Waals surface area (Å²) in [4.78, 5) is 10.5. The van der Waals surface area contributed by atoms with E-state index in [1.807, 2.05) is 0 Å². The molecule has 0 spiro atoms. The first-order chi connectivity index (χ1) is 8.49. The van der Waals surface area contributed by atoms with Crippen molar-refractivity contribution in [3.8, 4) is 0 Å². The Labute approximate surface area is 111 Å². The van der Waals surface area contributed by atoms with Gasteiger partial charge in [0.1, 0.15) is 5.82 Å². The summed E-state index contributed by atoms with van der Waals surface area (Å²) in [5.41, 5.74) is 1.59. The van der Waals surface area contributed by atoms with E-state index in [4.69, 9.17) is 5.11 Å². The average Bonchev–Trinajstić information content (AvgIpc) is 2.28. The molecule has 1 rings (SSSR count). The number of carboxylic acid groups (broad SMARTS) is 1. The molecule has 0 aliphatic heterocycles. The van der Waals surface area contributed by atoms with E-state index in [0.717, 1.165) is 23.1 Å². The summed E-state index contributed by atoms with van der Waals surface area (Å²) < 4.78 is 13.1. The van der Waals surface area contributed by atoms with Crippen LogP contribution in [-0.4, -0.2) is 16.8 Å². The van der Waals surface area contributed by atoms with Crippen LogP contribution in [0.15, 0.2) is 24.3 Å². The molecule has 4 heteroatoms. The Bertz CT molecular complexity index is 441. The zero-order valence-electron chi connectivity index (χ0n) is 10.5. The summed E-state index contributed by atoms with van der Waals surface area (Å²) in [6.07, 6.45) is 2.47. The molecule has 1 N–H and O–H groups in total. The van der Waals surface area contributed by atoms with Gasteiger partial charge in [-0.15, -0.1) is 0 Å². The lowest BCUT2D eigenvalue weighted by Gasteiger charge is -2.08. The fourth-order valence-electron chi connectivity index (χ4n) is 1.42. The minimum Gasteiger partial charge on any atom is -0.478 e. The fourth-order valence-corrected chi connectivity index (χ4v) is 2.49. The molecular formula is C14H17FO2S. The smallest absolute Gasteiger partial charge is 0.328 e. The van der Waals surface area contributed by atoms with Crippen LogP contribution in [0.2, 0.25) is 0 Å². The SMILES string of the molecule is CC(C)CSCc1ccc(F)cc1C=CC(=O)O. The predicted molar refractivity (Wildman–Crippen MR) is 74.1 cm³/mol. The van der Waals surface area contributed by atoms with Crippen molar-refractivity contribution < 1.29 is 14.3 Å². The highest BCUT2D eigenvalue weighted by molar-refractivity contribution is 7.98. The van der Waals surface area contributed by atoms with Crippen molar-refractivity contribution >= 4 is 23.8 Å². The Morgan fingerprint density at radius 3 is 2.83 bits per heavy atom. The van der Waals surface area contributed by atoms with Gasteiger partial charge in [-0.2, -0.15) is 11.8 Å². The lowest BCUT2D eigenvalue weighted by Crippen LogP contribution is -1.94. The number of benzene rings is 1. The molecule has 0 aliphatic carbocycles. The summed E-state index contributed by atoms with van der Waals surface area (Å²) in [7, 11) is 0. The second-order valence-corrected chi connectivity index (χ2v) is 5.45. The lowest BCUT2D eigenvalue weighted by atomic mass is 10.1. The van der Waals surface area contributed by atoms with Gasteiger partial charge in [-0.3, -0.25) is 0 Å². The van der Waals surface area contributed by atoms with Crippen LogP contribution in [-0.2, 0) is 10.5 Å². The number of rotatable bonds is 6. The van der Waals surface area contributed by atoms with Gasteiger partial charge in [0.25, 0.3) is 0 Å². The maximum absolute atomic E-state index is 13.1. The van der Waals surface area contributed by atoms with Crippen molar-refractivity contribution in [3.05, 3.63) is 41.2 Å². The van der Waals surface area contributed by atoms with E-state index in [1.165, 1.54) is 18.2 Å². The van der Waals surface area contributed by atoms with Crippen molar-refractivity contribution in [3.63, 3.8) is 0 Å². The first-order valence-corrected chi connectivity index (χ1v) is 6.91. The molecule has 1 aromatic rings. The minimum atomic E-state index is -1.03. The number of hydrogen-bond acceptors (Lipinski definition) is 2. The van der Waals surface area contributed by atoms with Crippen LogP contribution in [0.5, 0.6) is 0 Å². The number of hydrogen-bond donors (Lipinski definition) is 1. The van der Waals surface area contributed by atoms with Crippen molar-refractivity contribution in [1.29, 1.82) is 0 Å². The fraction of sp³-hybridized carbons (Fsp3) is 0.357. The largest absolute Gasteiger partial charge is 0.478 e. The number of thioether (sulfide) groups is 1. The molecule has 1 aromatic carbocycles. The normalized spacial score (nSPS) is 11.3. The van der Waals surface area contributed by atoms with Gasteiger partial charge >= 0.3 is 5.97 Å². The summed E-state index contributed by atoms with van der Waals surface area (Å²) in [6.45, 7) is 4.28. The van der Waals surface area contributed by atoms with Crippen LogP contribution in [0.3, 0.4) is 0 Å². The second-order valence-electron chi connectivity index (χ2n) is 4.42. The van der Waals surface area contributed by atoms with Gasteiger partial charge in [0.15, 0.2) is 0 Å². The van der Waals surface area contributed by atoms with Gasteiger partial charge in [0, 0.05) is 11.8 Å². The molecule has 0 saturated carbocycles. The summed E-state index contributed by atoms with van der Waals surface area (Å²) in [5, 5.41) is 8.60. The summed E-state index contributed by atoms with van der Waals surface area (Å²) >= 11 is 1.76. The third-order valence-corrected chi connectivity index (χ3v) is 3.64. The third kappa shape index (κ3) is 5.36. The van der Waals surface area contributed by atoms with Gasteiger partial charge in [0.05, 0.1) is 0 Å². The standard InChI is InChI=1S/C14H17FO2S/c1-10(2)8-18-9-12-3-5-13(15)7-11(12)4-6-14(16)17/h3-7,10H,8-9H2,1-2H3,(H,16,17). The monoisotopic (exact) mass is 268 g/mol. The Balaban J connectivity index is 2.79. The molecule has 0 heterocycles. The molecule has 0 atom stereocenters. The molecule has 0 unspecified atom stereocenters. The highest BCUT2D eigenvalue weighted by Gasteiger charge is 2.03.